The normalized spacial score (nSPS) is 20.0. The number of likely N-dealkylation sites (tertiary alicyclic amines) is 1. The Kier molecular flexibility index (Phi) is 3.78. The van der Waals surface area contributed by atoms with E-state index in [4.69, 9.17) is 4.74 Å². The predicted octanol–water partition coefficient (Wildman–Crippen LogP) is 1.17. The van der Waals surface area contributed by atoms with Gasteiger partial charge in [0, 0.05) is 25.7 Å². The van der Waals surface area contributed by atoms with E-state index < -0.39 is 4.92 Å². The first-order chi connectivity index (χ1) is 8.58. The number of methoxy groups -OCH3 is 1. The molecule has 0 saturated carbocycles. The molecule has 1 unspecified atom stereocenters. The molecule has 0 spiro atoms. The van der Waals surface area contributed by atoms with Gasteiger partial charge in [0.1, 0.15) is 5.75 Å². The Balaban J connectivity index is 2.16. The molecule has 1 N–H and O–H groups in total. The third-order valence-corrected chi connectivity index (χ3v) is 3.05. The Morgan fingerprint density at radius 1 is 1.56 bits per heavy atom. The SMILES string of the molecule is COc1cc(CN2CCC(O)C2)cc([N+](=O)[O-])c1. The van der Waals surface area contributed by atoms with E-state index in [1.165, 1.54) is 13.2 Å². The fraction of sp³-hybridized carbons (Fsp3) is 0.500. The van der Waals surface area contributed by atoms with Gasteiger partial charge in [-0.25, -0.2) is 0 Å². The van der Waals surface area contributed by atoms with Crippen LogP contribution < -0.4 is 4.74 Å². The topological polar surface area (TPSA) is 75.8 Å². The maximum atomic E-state index is 10.8. The van der Waals surface area contributed by atoms with E-state index in [1.54, 1.807) is 12.1 Å². The smallest absolute Gasteiger partial charge is 0.273 e. The molecular weight excluding hydrogens is 236 g/mol. The Morgan fingerprint density at radius 3 is 2.89 bits per heavy atom. The standard InChI is InChI=1S/C12H16N2O4/c1-18-12-5-9(4-10(6-12)14(16)17)7-13-3-2-11(15)8-13/h4-6,11,15H,2-3,7-8H2,1H3. The van der Waals surface area contributed by atoms with Gasteiger partial charge >= 0.3 is 0 Å². The minimum Gasteiger partial charge on any atom is -0.496 e. The van der Waals surface area contributed by atoms with Crippen LogP contribution in [0.5, 0.6) is 5.75 Å². The molecule has 1 saturated heterocycles. The van der Waals surface area contributed by atoms with Crippen molar-refractivity contribution in [2.75, 3.05) is 20.2 Å². The van der Waals surface area contributed by atoms with Crippen LogP contribution in [-0.2, 0) is 6.54 Å². The average Bonchev–Trinajstić information content (AvgIpc) is 2.74. The van der Waals surface area contributed by atoms with E-state index in [1.807, 2.05) is 0 Å². The first kappa shape index (κ1) is 12.8. The van der Waals surface area contributed by atoms with Crippen molar-refractivity contribution in [3.63, 3.8) is 0 Å². The monoisotopic (exact) mass is 252 g/mol. The van der Waals surface area contributed by atoms with Crippen molar-refractivity contribution in [1.29, 1.82) is 0 Å². The molecule has 1 heterocycles. The van der Waals surface area contributed by atoms with Gasteiger partial charge < -0.3 is 9.84 Å². The van der Waals surface area contributed by atoms with Gasteiger partial charge in [-0.2, -0.15) is 0 Å². The number of ether oxygens (including phenoxy) is 1. The first-order valence-corrected chi connectivity index (χ1v) is 5.81. The number of aliphatic hydroxyl groups excluding tert-OH is 1. The van der Waals surface area contributed by atoms with Crippen LogP contribution >= 0.6 is 0 Å². The van der Waals surface area contributed by atoms with Gasteiger partial charge in [-0.15, -0.1) is 0 Å². The second-order valence-corrected chi connectivity index (χ2v) is 4.47. The van der Waals surface area contributed by atoms with Crippen LogP contribution in [0, 0.1) is 10.1 Å². The molecule has 1 aromatic carbocycles. The second-order valence-electron chi connectivity index (χ2n) is 4.47. The van der Waals surface area contributed by atoms with Crippen molar-refractivity contribution in [1.82, 2.24) is 4.90 Å². The molecule has 2 rings (SSSR count). The molecule has 1 aromatic rings. The summed E-state index contributed by atoms with van der Waals surface area (Å²) in [4.78, 5) is 12.5. The molecule has 1 aliphatic heterocycles. The van der Waals surface area contributed by atoms with E-state index in [9.17, 15) is 15.2 Å². The summed E-state index contributed by atoms with van der Waals surface area (Å²) < 4.78 is 5.06. The van der Waals surface area contributed by atoms with Gasteiger partial charge in [-0.3, -0.25) is 15.0 Å². The lowest BCUT2D eigenvalue weighted by Crippen LogP contribution is -2.21. The predicted molar refractivity (Wildman–Crippen MR) is 65.5 cm³/mol. The zero-order valence-electron chi connectivity index (χ0n) is 10.2. The summed E-state index contributed by atoms with van der Waals surface area (Å²) >= 11 is 0. The van der Waals surface area contributed by atoms with Crippen LogP contribution in [0.25, 0.3) is 0 Å². The summed E-state index contributed by atoms with van der Waals surface area (Å²) in [7, 11) is 1.49. The highest BCUT2D eigenvalue weighted by atomic mass is 16.6. The zero-order valence-corrected chi connectivity index (χ0v) is 10.2. The van der Waals surface area contributed by atoms with Gasteiger partial charge in [0.15, 0.2) is 0 Å². The summed E-state index contributed by atoms with van der Waals surface area (Å²) in [6.07, 6.45) is 0.470. The summed E-state index contributed by atoms with van der Waals surface area (Å²) in [6.45, 7) is 2.02. The highest BCUT2D eigenvalue weighted by molar-refractivity contribution is 5.42. The number of aliphatic hydroxyl groups is 1. The van der Waals surface area contributed by atoms with Crippen molar-refractivity contribution >= 4 is 5.69 Å². The first-order valence-electron chi connectivity index (χ1n) is 5.81. The highest BCUT2D eigenvalue weighted by Gasteiger charge is 2.21. The zero-order chi connectivity index (χ0) is 13.1. The van der Waals surface area contributed by atoms with E-state index in [0.29, 0.717) is 18.8 Å². The number of rotatable bonds is 4. The maximum absolute atomic E-state index is 10.8. The number of benzene rings is 1. The number of hydrogen-bond acceptors (Lipinski definition) is 5. The molecule has 1 fully saturated rings. The van der Waals surface area contributed by atoms with Gasteiger partial charge in [-0.05, 0) is 18.1 Å². The molecule has 98 valence electrons. The van der Waals surface area contributed by atoms with Gasteiger partial charge in [-0.1, -0.05) is 0 Å². The third kappa shape index (κ3) is 2.96. The largest absolute Gasteiger partial charge is 0.496 e. The van der Waals surface area contributed by atoms with Gasteiger partial charge in [0.25, 0.3) is 5.69 Å². The minimum atomic E-state index is -0.426. The molecular formula is C12H16N2O4. The summed E-state index contributed by atoms with van der Waals surface area (Å²) in [5.41, 5.74) is 0.860. The number of nitro groups is 1. The molecule has 0 radical (unpaired) electrons. The fourth-order valence-corrected chi connectivity index (χ4v) is 2.17. The van der Waals surface area contributed by atoms with Gasteiger partial charge in [0.05, 0.1) is 24.2 Å². The Morgan fingerprint density at radius 2 is 2.33 bits per heavy atom. The average molecular weight is 252 g/mol. The number of hydrogen-bond donors (Lipinski definition) is 1. The molecule has 1 aliphatic rings. The number of nitrogens with zero attached hydrogens (tertiary/aromatic N) is 2. The van der Waals surface area contributed by atoms with Crippen LogP contribution in [0.4, 0.5) is 5.69 Å². The van der Waals surface area contributed by atoms with Crippen molar-refractivity contribution in [3.05, 3.63) is 33.9 Å². The maximum Gasteiger partial charge on any atom is 0.273 e. The molecule has 0 aromatic heterocycles. The summed E-state index contributed by atoms with van der Waals surface area (Å²) in [6, 6.07) is 4.74. The molecule has 6 nitrogen and oxygen atoms in total. The van der Waals surface area contributed by atoms with E-state index in [2.05, 4.69) is 4.90 Å². The quantitative estimate of drug-likeness (QED) is 0.643. The van der Waals surface area contributed by atoms with E-state index in [-0.39, 0.29) is 11.8 Å². The number of β-amino-alcohol motifs (C(OH)–C–C–N with tert-alkyl or cyclic N) is 1. The van der Waals surface area contributed by atoms with Crippen molar-refractivity contribution in [2.45, 2.75) is 19.1 Å². The summed E-state index contributed by atoms with van der Waals surface area (Å²) in [5, 5.41) is 20.3. The Labute approximate surface area is 105 Å². The lowest BCUT2D eigenvalue weighted by atomic mass is 10.2. The van der Waals surface area contributed by atoms with Crippen LogP contribution in [0.1, 0.15) is 12.0 Å². The van der Waals surface area contributed by atoms with Crippen molar-refractivity contribution < 1.29 is 14.8 Å². The van der Waals surface area contributed by atoms with E-state index in [0.717, 1.165) is 18.5 Å². The van der Waals surface area contributed by atoms with Crippen LogP contribution in [0.3, 0.4) is 0 Å². The Bertz CT molecular complexity index is 450. The Hall–Kier alpha value is -1.66. The minimum absolute atomic E-state index is 0.0316. The van der Waals surface area contributed by atoms with Crippen LogP contribution in [0.15, 0.2) is 18.2 Å². The highest BCUT2D eigenvalue weighted by Crippen LogP contribution is 2.24. The number of non-ortho nitro benzene ring substituents is 1. The molecule has 1 atom stereocenters. The molecule has 18 heavy (non-hydrogen) atoms. The van der Waals surface area contributed by atoms with Gasteiger partial charge in [0.2, 0.25) is 0 Å². The van der Waals surface area contributed by atoms with Crippen LogP contribution in [-0.4, -0.2) is 41.2 Å². The van der Waals surface area contributed by atoms with E-state index >= 15 is 0 Å². The second kappa shape index (κ2) is 5.32. The van der Waals surface area contributed by atoms with Crippen molar-refractivity contribution in [2.24, 2.45) is 0 Å². The number of nitro benzene ring substituents is 1. The lowest BCUT2D eigenvalue weighted by molar-refractivity contribution is -0.385. The van der Waals surface area contributed by atoms with Crippen molar-refractivity contribution in [3.8, 4) is 5.75 Å². The molecule has 6 heteroatoms. The molecule has 0 amide bonds. The lowest BCUT2D eigenvalue weighted by Gasteiger charge is -2.15. The fourth-order valence-electron chi connectivity index (χ4n) is 2.17. The molecule has 0 bridgehead atoms. The summed E-state index contributed by atoms with van der Waals surface area (Å²) in [5.74, 6) is 0.485. The molecule has 0 aliphatic carbocycles. The third-order valence-electron chi connectivity index (χ3n) is 3.05. The van der Waals surface area contributed by atoms with Crippen LogP contribution in [0.2, 0.25) is 0 Å².